The summed E-state index contributed by atoms with van der Waals surface area (Å²) in [4.78, 5) is 14.9. The van der Waals surface area contributed by atoms with E-state index in [0.717, 1.165) is 22.1 Å². The van der Waals surface area contributed by atoms with Crippen molar-refractivity contribution >= 4 is 44.9 Å². The van der Waals surface area contributed by atoms with Crippen molar-refractivity contribution in [3.63, 3.8) is 0 Å². The number of rotatable bonds is 4. The zero-order chi connectivity index (χ0) is 21.2. The van der Waals surface area contributed by atoms with Gasteiger partial charge in [0.05, 0.1) is 5.54 Å². The minimum absolute atomic E-state index is 0.0500. The Kier molecular flexibility index (Phi) is 5.95. The number of fused-ring (bicyclic) bond motifs is 1. The molecule has 0 bridgehead atoms. The van der Waals surface area contributed by atoms with Crippen molar-refractivity contribution in [2.45, 2.75) is 33.2 Å². The number of carbonyl (C=O) groups is 1. The molecule has 0 atom stereocenters. The van der Waals surface area contributed by atoms with Gasteiger partial charge in [0.15, 0.2) is 0 Å². The SMILES string of the molecule is CCN1c2ccc(/C=C(\C#N)C(=O)Nc3ccc(Br)cc3)cc2C(C)=CC1(C)C. The van der Waals surface area contributed by atoms with Crippen molar-refractivity contribution in [1.82, 2.24) is 0 Å². The van der Waals surface area contributed by atoms with E-state index in [1.165, 1.54) is 11.3 Å². The monoisotopic (exact) mass is 449 g/mol. The fourth-order valence-electron chi connectivity index (χ4n) is 3.82. The van der Waals surface area contributed by atoms with Crippen LogP contribution in [0.25, 0.3) is 11.6 Å². The average molecular weight is 450 g/mol. The van der Waals surface area contributed by atoms with Gasteiger partial charge >= 0.3 is 0 Å². The lowest BCUT2D eigenvalue weighted by Gasteiger charge is -2.42. The largest absolute Gasteiger partial charge is 0.363 e. The van der Waals surface area contributed by atoms with Gasteiger partial charge in [-0.2, -0.15) is 5.26 Å². The summed E-state index contributed by atoms with van der Waals surface area (Å²) in [7, 11) is 0. The normalized spacial score (nSPS) is 15.2. The number of anilines is 2. The Morgan fingerprint density at radius 1 is 1.24 bits per heavy atom. The summed E-state index contributed by atoms with van der Waals surface area (Å²) in [6.07, 6.45) is 3.90. The van der Waals surface area contributed by atoms with Crippen LogP contribution in [0.1, 0.15) is 38.8 Å². The third-order valence-electron chi connectivity index (χ3n) is 5.10. The summed E-state index contributed by atoms with van der Waals surface area (Å²) in [5.41, 5.74) is 4.99. The summed E-state index contributed by atoms with van der Waals surface area (Å²) in [6, 6.07) is 15.3. The lowest BCUT2D eigenvalue weighted by Crippen LogP contribution is -2.44. The van der Waals surface area contributed by atoms with Gasteiger partial charge in [-0.05, 0) is 81.3 Å². The Bertz CT molecular complexity index is 1040. The van der Waals surface area contributed by atoms with Gasteiger partial charge in [-0.25, -0.2) is 0 Å². The third-order valence-corrected chi connectivity index (χ3v) is 5.62. The number of hydrogen-bond acceptors (Lipinski definition) is 3. The molecule has 0 aliphatic carbocycles. The smallest absolute Gasteiger partial charge is 0.266 e. The van der Waals surface area contributed by atoms with Gasteiger partial charge in [-0.1, -0.05) is 28.1 Å². The topological polar surface area (TPSA) is 56.1 Å². The van der Waals surface area contributed by atoms with E-state index < -0.39 is 5.91 Å². The molecule has 0 fully saturated rings. The maximum atomic E-state index is 12.5. The van der Waals surface area contributed by atoms with Crippen LogP contribution in [0, 0.1) is 11.3 Å². The molecule has 2 aromatic rings. The zero-order valence-electron chi connectivity index (χ0n) is 17.1. The average Bonchev–Trinajstić information content (AvgIpc) is 2.67. The molecule has 0 spiro atoms. The number of halogens is 1. The van der Waals surface area contributed by atoms with Gasteiger partial charge in [-0.3, -0.25) is 4.79 Å². The lowest BCUT2D eigenvalue weighted by molar-refractivity contribution is -0.112. The van der Waals surface area contributed by atoms with Crippen molar-refractivity contribution < 1.29 is 4.79 Å². The second kappa shape index (κ2) is 8.26. The molecule has 1 amide bonds. The number of nitriles is 1. The number of benzene rings is 2. The molecule has 2 aromatic carbocycles. The van der Waals surface area contributed by atoms with Gasteiger partial charge in [0.25, 0.3) is 5.91 Å². The molecule has 0 saturated carbocycles. The molecule has 1 aliphatic rings. The minimum Gasteiger partial charge on any atom is -0.363 e. The van der Waals surface area contributed by atoms with Crippen LogP contribution in [0.2, 0.25) is 0 Å². The molecule has 0 unspecified atom stereocenters. The summed E-state index contributed by atoms with van der Waals surface area (Å²) >= 11 is 3.37. The number of nitrogens with zero attached hydrogens (tertiary/aromatic N) is 2. The number of allylic oxidation sites excluding steroid dienone is 1. The second-order valence-electron chi connectivity index (χ2n) is 7.63. The summed E-state index contributed by atoms with van der Waals surface area (Å²) in [5.74, 6) is -0.420. The Morgan fingerprint density at radius 2 is 1.93 bits per heavy atom. The number of likely N-dealkylation sites (N-methyl/N-ethyl adjacent to an activating group) is 1. The molecule has 29 heavy (non-hydrogen) atoms. The molecule has 1 heterocycles. The first kappa shape index (κ1) is 20.9. The standard InChI is InChI=1S/C24H24BrN3O/c1-5-28-22-11-6-17(13-21(22)16(2)14-24(28,3)4)12-18(15-26)23(29)27-20-9-7-19(25)8-10-20/h6-14H,5H2,1-4H3,(H,27,29)/b18-12+. The van der Waals surface area contributed by atoms with Crippen LogP contribution < -0.4 is 10.2 Å². The van der Waals surface area contributed by atoms with E-state index in [1.807, 2.05) is 30.3 Å². The van der Waals surface area contributed by atoms with Crippen LogP contribution in [0.15, 0.2) is 58.6 Å². The molecule has 148 valence electrons. The summed E-state index contributed by atoms with van der Waals surface area (Å²) < 4.78 is 0.924. The van der Waals surface area contributed by atoms with Crippen LogP contribution in [-0.4, -0.2) is 18.0 Å². The fraction of sp³-hybridized carbons (Fsp3) is 0.250. The van der Waals surface area contributed by atoms with Gasteiger partial charge in [0.1, 0.15) is 11.6 Å². The molecular weight excluding hydrogens is 426 g/mol. The second-order valence-corrected chi connectivity index (χ2v) is 8.55. The number of nitrogens with one attached hydrogen (secondary N) is 1. The molecule has 0 radical (unpaired) electrons. The first-order chi connectivity index (χ1) is 13.7. The molecule has 0 saturated heterocycles. The van der Waals surface area contributed by atoms with E-state index in [0.29, 0.717) is 5.69 Å². The van der Waals surface area contributed by atoms with E-state index in [-0.39, 0.29) is 11.1 Å². The van der Waals surface area contributed by atoms with E-state index >= 15 is 0 Å². The maximum Gasteiger partial charge on any atom is 0.266 e. The molecule has 1 N–H and O–H groups in total. The first-order valence-electron chi connectivity index (χ1n) is 9.55. The van der Waals surface area contributed by atoms with Crippen molar-refractivity contribution in [2.24, 2.45) is 0 Å². The quantitative estimate of drug-likeness (QED) is 0.458. The van der Waals surface area contributed by atoms with Gasteiger partial charge in [0.2, 0.25) is 0 Å². The van der Waals surface area contributed by atoms with Crippen molar-refractivity contribution in [3.05, 3.63) is 69.7 Å². The van der Waals surface area contributed by atoms with Crippen molar-refractivity contribution in [2.75, 3.05) is 16.8 Å². The Balaban J connectivity index is 1.91. The molecule has 3 rings (SSSR count). The van der Waals surface area contributed by atoms with E-state index in [1.54, 1.807) is 18.2 Å². The Labute approximate surface area is 180 Å². The van der Waals surface area contributed by atoms with E-state index in [4.69, 9.17) is 0 Å². The lowest BCUT2D eigenvalue weighted by atomic mass is 9.88. The molecule has 5 heteroatoms. The maximum absolute atomic E-state index is 12.5. The minimum atomic E-state index is -0.420. The summed E-state index contributed by atoms with van der Waals surface area (Å²) in [6.45, 7) is 9.56. The number of amides is 1. The van der Waals surface area contributed by atoms with Gasteiger partial charge in [0, 0.05) is 28.0 Å². The Morgan fingerprint density at radius 3 is 2.55 bits per heavy atom. The fourth-order valence-corrected chi connectivity index (χ4v) is 4.08. The van der Waals surface area contributed by atoms with Gasteiger partial charge < -0.3 is 10.2 Å². The van der Waals surface area contributed by atoms with Crippen LogP contribution in [0.3, 0.4) is 0 Å². The van der Waals surface area contributed by atoms with Gasteiger partial charge in [-0.15, -0.1) is 0 Å². The molecule has 1 aliphatic heterocycles. The Hall–Kier alpha value is -2.84. The van der Waals surface area contributed by atoms with Crippen LogP contribution in [0.4, 0.5) is 11.4 Å². The number of carbonyl (C=O) groups excluding carboxylic acids is 1. The van der Waals surface area contributed by atoms with Crippen LogP contribution >= 0.6 is 15.9 Å². The zero-order valence-corrected chi connectivity index (χ0v) is 18.7. The number of hydrogen-bond donors (Lipinski definition) is 1. The molecule has 0 aromatic heterocycles. The van der Waals surface area contributed by atoms with E-state index in [9.17, 15) is 10.1 Å². The summed E-state index contributed by atoms with van der Waals surface area (Å²) in [5, 5.41) is 12.3. The highest BCUT2D eigenvalue weighted by atomic mass is 79.9. The highest BCUT2D eigenvalue weighted by Gasteiger charge is 2.30. The van der Waals surface area contributed by atoms with Crippen LogP contribution in [-0.2, 0) is 4.79 Å². The van der Waals surface area contributed by atoms with E-state index in [2.05, 4.69) is 66.0 Å². The highest BCUT2D eigenvalue weighted by molar-refractivity contribution is 9.10. The third kappa shape index (κ3) is 4.44. The highest BCUT2D eigenvalue weighted by Crippen LogP contribution is 2.39. The van der Waals surface area contributed by atoms with Crippen molar-refractivity contribution in [3.8, 4) is 6.07 Å². The predicted molar refractivity (Wildman–Crippen MR) is 124 cm³/mol. The first-order valence-corrected chi connectivity index (χ1v) is 10.3. The van der Waals surface area contributed by atoms with Crippen LogP contribution in [0.5, 0.6) is 0 Å². The molecular formula is C24H24BrN3O. The van der Waals surface area contributed by atoms with Crippen molar-refractivity contribution in [1.29, 1.82) is 5.26 Å². The molecule has 4 nitrogen and oxygen atoms in total. The predicted octanol–water partition coefficient (Wildman–Crippen LogP) is 6.02.